The average Bonchev–Trinajstić information content (AvgIpc) is 2.19. The predicted molar refractivity (Wildman–Crippen MR) is 51.3 cm³/mol. The topological polar surface area (TPSA) is 73.1 Å². The van der Waals surface area contributed by atoms with Gasteiger partial charge < -0.3 is 5.32 Å². The molecule has 0 atom stereocenters. The number of hydrogen-bond donors (Lipinski definition) is 1. The second-order valence-electron chi connectivity index (χ2n) is 2.94. The van der Waals surface area contributed by atoms with Gasteiger partial charge in [0, 0.05) is 14.1 Å². The molecule has 1 amide bonds. The van der Waals surface area contributed by atoms with Gasteiger partial charge in [-0.25, -0.2) is 4.79 Å². The van der Waals surface area contributed by atoms with Gasteiger partial charge in [-0.1, -0.05) is 0 Å². The molecule has 0 radical (unpaired) electrons. The minimum atomic E-state index is -0.468. The van der Waals surface area contributed by atoms with E-state index in [2.05, 4.69) is 5.32 Å². The summed E-state index contributed by atoms with van der Waals surface area (Å²) in [7, 11) is 2.88. The number of hydrogen-bond acceptors (Lipinski definition) is 3. The summed E-state index contributed by atoms with van der Waals surface area (Å²) < 4.78 is 2.20. The first-order chi connectivity index (χ1) is 6.50. The van der Waals surface area contributed by atoms with Crippen molar-refractivity contribution in [2.45, 2.75) is 6.92 Å². The van der Waals surface area contributed by atoms with Crippen molar-refractivity contribution in [2.24, 2.45) is 14.1 Å². The highest BCUT2D eigenvalue weighted by molar-refractivity contribution is 5.70. The summed E-state index contributed by atoms with van der Waals surface area (Å²) >= 11 is 0. The predicted octanol–water partition coefficient (Wildman–Crippen LogP) is -1.04. The highest BCUT2D eigenvalue weighted by Crippen LogP contribution is 2.03. The first-order valence-electron chi connectivity index (χ1n) is 3.97. The third-order valence-corrected chi connectivity index (χ3v) is 2.09. The molecule has 0 aliphatic carbocycles. The van der Waals surface area contributed by atoms with Crippen molar-refractivity contribution in [1.82, 2.24) is 9.13 Å². The quantitative estimate of drug-likeness (QED) is 0.615. The minimum Gasteiger partial charge on any atom is -0.314 e. The number of anilines is 1. The molecule has 14 heavy (non-hydrogen) atoms. The number of aromatic nitrogens is 2. The molecule has 1 N–H and O–H groups in total. The van der Waals surface area contributed by atoms with Crippen molar-refractivity contribution in [3.63, 3.8) is 0 Å². The van der Waals surface area contributed by atoms with Gasteiger partial charge in [0.25, 0.3) is 5.56 Å². The van der Waals surface area contributed by atoms with Gasteiger partial charge in [-0.05, 0) is 6.92 Å². The minimum absolute atomic E-state index is 0.230. The van der Waals surface area contributed by atoms with E-state index in [9.17, 15) is 14.4 Å². The number of amides is 1. The highest BCUT2D eigenvalue weighted by Gasteiger charge is 2.10. The summed E-state index contributed by atoms with van der Waals surface area (Å²) in [5.41, 5.74) is -0.538. The molecular weight excluding hydrogens is 186 g/mol. The van der Waals surface area contributed by atoms with Crippen LogP contribution in [0.25, 0.3) is 0 Å². The van der Waals surface area contributed by atoms with Crippen LogP contribution < -0.4 is 16.6 Å². The fraction of sp³-hybridized carbons (Fsp3) is 0.375. The summed E-state index contributed by atoms with van der Waals surface area (Å²) in [5, 5.41) is 2.32. The molecule has 1 aromatic heterocycles. The van der Waals surface area contributed by atoms with Crippen molar-refractivity contribution in [3.05, 3.63) is 26.4 Å². The van der Waals surface area contributed by atoms with E-state index in [0.29, 0.717) is 12.0 Å². The zero-order valence-corrected chi connectivity index (χ0v) is 8.20. The molecule has 0 aliphatic heterocycles. The lowest BCUT2D eigenvalue weighted by Crippen LogP contribution is -2.39. The summed E-state index contributed by atoms with van der Waals surface area (Å²) in [6.45, 7) is 1.55. The van der Waals surface area contributed by atoms with Crippen LogP contribution >= 0.6 is 0 Å². The number of carbonyl (C=O) groups excluding carboxylic acids is 1. The molecular formula is C8H11N3O3. The number of nitrogens with one attached hydrogen (secondary N) is 1. The molecule has 1 rings (SSSR count). The maximum absolute atomic E-state index is 11.4. The molecule has 0 fully saturated rings. The Morgan fingerprint density at radius 3 is 2.29 bits per heavy atom. The van der Waals surface area contributed by atoms with Crippen LogP contribution in [0.1, 0.15) is 5.56 Å². The average molecular weight is 197 g/mol. The maximum Gasteiger partial charge on any atom is 0.332 e. The van der Waals surface area contributed by atoms with Gasteiger partial charge in [0.2, 0.25) is 6.41 Å². The van der Waals surface area contributed by atoms with Gasteiger partial charge in [0.15, 0.2) is 0 Å². The highest BCUT2D eigenvalue weighted by atomic mass is 16.2. The Bertz CT molecular complexity index is 447. The molecule has 0 unspecified atom stereocenters. The molecule has 0 aliphatic rings. The van der Waals surface area contributed by atoms with Crippen molar-refractivity contribution in [1.29, 1.82) is 0 Å². The lowest BCUT2D eigenvalue weighted by molar-refractivity contribution is -0.105. The monoisotopic (exact) mass is 197 g/mol. The maximum atomic E-state index is 11.4. The Kier molecular flexibility index (Phi) is 2.55. The Hall–Kier alpha value is -1.85. The van der Waals surface area contributed by atoms with Crippen LogP contribution in [0.5, 0.6) is 0 Å². The molecule has 0 spiro atoms. The van der Waals surface area contributed by atoms with E-state index in [1.165, 1.54) is 18.7 Å². The summed E-state index contributed by atoms with van der Waals surface area (Å²) in [6.07, 6.45) is 0.432. The molecule has 6 heteroatoms. The van der Waals surface area contributed by atoms with E-state index in [4.69, 9.17) is 0 Å². The van der Waals surface area contributed by atoms with Crippen LogP contribution in [0.15, 0.2) is 9.59 Å². The Labute approximate surface area is 79.8 Å². The van der Waals surface area contributed by atoms with E-state index in [0.717, 1.165) is 4.57 Å². The SMILES string of the molecule is Cc1c(NC=O)n(C)c(=O)n(C)c1=O. The Morgan fingerprint density at radius 2 is 1.79 bits per heavy atom. The van der Waals surface area contributed by atoms with Crippen molar-refractivity contribution in [3.8, 4) is 0 Å². The second kappa shape index (κ2) is 3.49. The third-order valence-electron chi connectivity index (χ3n) is 2.09. The van der Waals surface area contributed by atoms with E-state index in [1.54, 1.807) is 6.92 Å². The van der Waals surface area contributed by atoms with Gasteiger partial charge in [-0.15, -0.1) is 0 Å². The molecule has 0 saturated carbocycles. The second-order valence-corrected chi connectivity index (χ2v) is 2.94. The fourth-order valence-electron chi connectivity index (χ4n) is 1.27. The molecule has 1 heterocycles. The standard InChI is InChI=1S/C8H11N3O3/c1-5-6(9-4-12)10(2)8(14)11(3)7(5)13/h4H,1-3H3,(H,9,12). The van der Waals surface area contributed by atoms with E-state index in [1.807, 2.05) is 0 Å². The van der Waals surface area contributed by atoms with Crippen molar-refractivity contribution in [2.75, 3.05) is 5.32 Å². The smallest absolute Gasteiger partial charge is 0.314 e. The first kappa shape index (κ1) is 10.2. The first-order valence-corrected chi connectivity index (χ1v) is 3.97. The molecule has 0 bridgehead atoms. The van der Waals surface area contributed by atoms with Crippen LogP contribution in [0, 0.1) is 6.92 Å². The van der Waals surface area contributed by atoms with Crippen LogP contribution in [-0.2, 0) is 18.9 Å². The number of carbonyl (C=O) groups is 1. The van der Waals surface area contributed by atoms with Gasteiger partial charge >= 0.3 is 5.69 Å². The number of rotatable bonds is 2. The molecule has 6 nitrogen and oxygen atoms in total. The molecule has 0 saturated heterocycles. The van der Waals surface area contributed by atoms with Crippen LogP contribution in [0.2, 0.25) is 0 Å². The zero-order valence-electron chi connectivity index (χ0n) is 8.20. The number of nitrogens with zero attached hydrogens (tertiary/aromatic N) is 2. The van der Waals surface area contributed by atoms with E-state index >= 15 is 0 Å². The summed E-state index contributed by atoms with van der Waals surface area (Å²) in [5.74, 6) is 0.230. The zero-order chi connectivity index (χ0) is 10.9. The summed E-state index contributed by atoms with van der Waals surface area (Å²) in [4.78, 5) is 33.1. The van der Waals surface area contributed by atoms with Crippen molar-refractivity contribution < 1.29 is 4.79 Å². The Balaban J connectivity index is 3.68. The molecule has 1 aromatic rings. The third kappa shape index (κ3) is 1.34. The molecule has 76 valence electrons. The largest absolute Gasteiger partial charge is 0.332 e. The fourth-order valence-corrected chi connectivity index (χ4v) is 1.27. The van der Waals surface area contributed by atoms with Gasteiger partial charge in [0.05, 0.1) is 5.56 Å². The van der Waals surface area contributed by atoms with Crippen LogP contribution in [-0.4, -0.2) is 15.5 Å². The van der Waals surface area contributed by atoms with Gasteiger partial charge in [-0.2, -0.15) is 0 Å². The normalized spacial score (nSPS) is 9.93. The van der Waals surface area contributed by atoms with Gasteiger partial charge in [-0.3, -0.25) is 18.7 Å². The summed E-state index contributed by atoms with van der Waals surface area (Å²) in [6, 6.07) is 0. The van der Waals surface area contributed by atoms with Gasteiger partial charge in [0.1, 0.15) is 5.82 Å². The van der Waals surface area contributed by atoms with Crippen LogP contribution in [0.4, 0.5) is 5.82 Å². The lowest BCUT2D eigenvalue weighted by atomic mass is 10.3. The molecule has 0 aromatic carbocycles. The lowest BCUT2D eigenvalue weighted by Gasteiger charge is -2.10. The van der Waals surface area contributed by atoms with E-state index in [-0.39, 0.29) is 5.82 Å². The Morgan fingerprint density at radius 1 is 1.21 bits per heavy atom. The van der Waals surface area contributed by atoms with E-state index < -0.39 is 11.2 Å². The van der Waals surface area contributed by atoms with Crippen molar-refractivity contribution >= 4 is 12.2 Å². The van der Waals surface area contributed by atoms with Crippen LogP contribution in [0.3, 0.4) is 0 Å².